The maximum Gasteiger partial charge on any atom is 0.216 e. The molecule has 0 aliphatic rings. The first-order valence-electron chi connectivity index (χ1n) is 13.0. The molecule has 0 fully saturated rings. The molecule has 0 saturated heterocycles. The zero-order valence-electron chi connectivity index (χ0n) is 23.1. The van der Waals surface area contributed by atoms with Crippen LogP contribution in [-0.4, -0.2) is 23.0 Å². The molecular weight excluding hydrogens is 694 g/mol. The minimum atomic E-state index is -1.23. The van der Waals surface area contributed by atoms with E-state index >= 15 is 0 Å². The quantitative estimate of drug-likeness (QED) is 0.136. The Morgan fingerprint density at radius 2 is 1.62 bits per heavy atom. The van der Waals surface area contributed by atoms with Crippen molar-refractivity contribution in [1.29, 1.82) is 0 Å². The standard InChI is InChI=1S/C19H14FN2O.C14H16NSi.Ir/c1-11(2)15-9-17(22-10-16(15)20)14-6-3-5-12-13-7-4-8-21-19(13)23-18(12)14;1-16(2,3)13-9-10-14(15-11-13)12-7-5-4-6-8-12;/h3-5,7-11H,1-2H3;4-7,9-11H,1-3H3;/q2*-1;. The summed E-state index contributed by atoms with van der Waals surface area (Å²) in [6, 6.07) is 28.0. The van der Waals surface area contributed by atoms with Crippen LogP contribution < -0.4 is 5.19 Å². The third-order valence-electron chi connectivity index (χ3n) is 6.59. The molecule has 0 aliphatic carbocycles. The van der Waals surface area contributed by atoms with Crippen LogP contribution >= 0.6 is 0 Å². The minimum Gasteiger partial charge on any atom is -0.486 e. The van der Waals surface area contributed by atoms with Crippen LogP contribution in [0.15, 0.2) is 89.7 Å². The average molecular weight is 724 g/mol. The number of fused-ring (bicyclic) bond motifs is 3. The second-order valence-electron chi connectivity index (χ2n) is 10.8. The van der Waals surface area contributed by atoms with E-state index in [9.17, 15) is 4.39 Å². The summed E-state index contributed by atoms with van der Waals surface area (Å²) >= 11 is 0. The summed E-state index contributed by atoms with van der Waals surface area (Å²) in [7, 11) is -1.23. The van der Waals surface area contributed by atoms with Gasteiger partial charge in [-0.25, -0.2) is 9.37 Å². The fraction of sp³-hybridized carbons (Fsp3) is 0.182. The second-order valence-corrected chi connectivity index (χ2v) is 15.8. The fourth-order valence-corrected chi connectivity index (χ4v) is 5.38. The Kier molecular flexibility index (Phi) is 9.09. The van der Waals surface area contributed by atoms with E-state index in [1.54, 1.807) is 12.3 Å². The number of furan rings is 1. The van der Waals surface area contributed by atoms with Crippen molar-refractivity contribution in [1.82, 2.24) is 15.0 Å². The Hall–Kier alpha value is -3.51. The summed E-state index contributed by atoms with van der Waals surface area (Å²) in [6.07, 6.45) is 4.97. The van der Waals surface area contributed by atoms with Gasteiger partial charge in [-0.3, -0.25) is 0 Å². The van der Waals surface area contributed by atoms with Gasteiger partial charge in [-0.05, 0) is 40.2 Å². The SMILES string of the molecule is CC(C)c1cc(-c2[c-]ccc3c2oc2ncccc23)ncc1F.C[Si](C)(C)c1ccc(-c2[c-]cccc2)nc1.[Ir]. The number of hydrogen-bond acceptors (Lipinski definition) is 4. The van der Waals surface area contributed by atoms with E-state index in [1.807, 2.05) is 68.6 Å². The molecule has 6 aromatic rings. The van der Waals surface area contributed by atoms with Gasteiger partial charge in [0.15, 0.2) is 0 Å². The van der Waals surface area contributed by atoms with Gasteiger partial charge in [-0.2, -0.15) is 0 Å². The van der Waals surface area contributed by atoms with Crippen molar-refractivity contribution >= 4 is 35.3 Å². The summed E-state index contributed by atoms with van der Waals surface area (Å²) in [4.78, 5) is 13.0. The molecule has 0 amide bonds. The third kappa shape index (κ3) is 6.28. The minimum absolute atomic E-state index is 0. The molecule has 205 valence electrons. The summed E-state index contributed by atoms with van der Waals surface area (Å²) in [5, 5.41) is 3.30. The predicted molar refractivity (Wildman–Crippen MR) is 159 cm³/mol. The number of halogens is 1. The molecule has 7 heteroatoms. The van der Waals surface area contributed by atoms with Gasteiger partial charge < -0.3 is 14.4 Å². The number of pyridine rings is 3. The molecule has 1 radical (unpaired) electrons. The molecule has 0 spiro atoms. The van der Waals surface area contributed by atoms with Crippen molar-refractivity contribution in [2.75, 3.05) is 0 Å². The maximum absolute atomic E-state index is 13.9. The van der Waals surface area contributed by atoms with Crippen molar-refractivity contribution in [2.45, 2.75) is 39.4 Å². The molecule has 4 heterocycles. The topological polar surface area (TPSA) is 51.8 Å². The first-order chi connectivity index (χ1) is 18.7. The van der Waals surface area contributed by atoms with Gasteiger partial charge >= 0.3 is 0 Å². The van der Waals surface area contributed by atoms with Crippen LogP contribution in [0.2, 0.25) is 19.6 Å². The van der Waals surface area contributed by atoms with Crippen molar-refractivity contribution in [3.05, 3.63) is 109 Å². The van der Waals surface area contributed by atoms with Crippen molar-refractivity contribution in [2.24, 2.45) is 0 Å². The maximum atomic E-state index is 13.9. The van der Waals surface area contributed by atoms with E-state index in [4.69, 9.17) is 4.42 Å². The van der Waals surface area contributed by atoms with Crippen molar-refractivity contribution in [3.8, 4) is 22.5 Å². The average Bonchev–Trinajstić information content (AvgIpc) is 3.33. The smallest absolute Gasteiger partial charge is 0.216 e. The normalized spacial score (nSPS) is 11.3. The van der Waals surface area contributed by atoms with Crippen molar-refractivity contribution in [3.63, 3.8) is 0 Å². The molecule has 0 unspecified atom stereocenters. The molecule has 6 rings (SSSR count). The van der Waals surface area contributed by atoms with E-state index in [1.165, 1.54) is 11.4 Å². The van der Waals surface area contributed by atoms with Crippen LogP contribution in [0.1, 0.15) is 25.3 Å². The number of benzene rings is 2. The van der Waals surface area contributed by atoms with Gasteiger partial charge in [0, 0.05) is 37.9 Å². The van der Waals surface area contributed by atoms with Crippen LogP contribution in [0, 0.1) is 17.9 Å². The second kappa shape index (κ2) is 12.3. The van der Waals surface area contributed by atoms with Gasteiger partial charge in [-0.15, -0.1) is 54.1 Å². The Labute approximate surface area is 249 Å². The summed E-state index contributed by atoms with van der Waals surface area (Å²) in [6.45, 7) is 10.9. The molecule has 40 heavy (non-hydrogen) atoms. The first kappa shape index (κ1) is 29.5. The number of rotatable bonds is 4. The van der Waals surface area contributed by atoms with Crippen LogP contribution in [0.25, 0.3) is 44.6 Å². The Morgan fingerprint density at radius 1 is 0.825 bits per heavy atom. The fourth-order valence-electron chi connectivity index (χ4n) is 4.35. The zero-order valence-corrected chi connectivity index (χ0v) is 26.5. The number of hydrogen-bond donors (Lipinski definition) is 0. The molecule has 4 aromatic heterocycles. The van der Waals surface area contributed by atoms with Crippen LogP contribution in [0.3, 0.4) is 0 Å². The van der Waals surface area contributed by atoms with Gasteiger partial charge in [0.05, 0.1) is 19.9 Å². The van der Waals surface area contributed by atoms with Crippen LogP contribution in [0.5, 0.6) is 0 Å². The monoisotopic (exact) mass is 724 g/mol. The molecule has 0 aliphatic heterocycles. The Morgan fingerprint density at radius 3 is 2.30 bits per heavy atom. The van der Waals surface area contributed by atoms with E-state index in [2.05, 4.69) is 58.9 Å². The van der Waals surface area contributed by atoms with Crippen LogP contribution in [0.4, 0.5) is 4.39 Å². The van der Waals surface area contributed by atoms with E-state index in [0.29, 0.717) is 22.6 Å². The van der Waals surface area contributed by atoms with Gasteiger partial charge in [0.25, 0.3) is 0 Å². The molecular formula is C33H30FIrN3OSi-2. The van der Waals surface area contributed by atoms with Crippen LogP contribution in [-0.2, 0) is 20.1 Å². The summed E-state index contributed by atoms with van der Waals surface area (Å²) in [5.41, 5.74) is 5.33. The first-order valence-corrected chi connectivity index (χ1v) is 16.5. The molecule has 2 aromatic carbocycles. The molecule has 0 atom stereocenters. The summed E-state index contributed by atoms with van der Waals surface area (Å²) in [5.74, 6) is -0.213. The van der Waals surface area contributed by atoms with E-state index < -0.39 is 8.07 Å². The Bertz CT molecular complexity index is 1730. The number of nitrogens with zero attached hydrogens (tertiary/aromatic N) is 3. The van der Waals surface area contributed by atoms with E-state index in [0.717, 1.165) is 27.6 Å². The molecule has 0 N–H and O–H groups in total. The predicted octanol–water partition coefficient (Wildman–Crippen LogP) is 8.20. The molecule has 0 saturated carbocycles. The van der Waals surface area contributed by atoms with Gasteiger partial charge in [0.2, 0.25) is 5.71 Å². The third-order valence-corrected chi connectivity index (χ3v) is 8.61. The zero-order chi connectivity index (χ0) is 27.6. The van der Waals surface area contributed by atoms with Gasteiger partial charge in [-0.1, -0.05) is 62.6 Å². The largest absolute Gasteiger partial charge is 0.486 e. The molecule has 0 bridgehead atoms. The van der Waals surface area contributed by atoms with Crippen molar-refractivity contribution < 1.29 is 28.9 Å². The molecule has 4 nitrogen and oxygen atoms in total. The van der Waals surface area contributed by atoms with Gasteiger partial charge in [0.1, 0.15) is 5.82 Å². The number of aromatic nitrogens is 3. The Balaban J connectivity index is 0.000000192. The van der Waals surface area contributed by atoms with E-state index in [-0.39, 0.29) is 31.8 Å². The summed E-state index contributed by atoms with van der Waals surface area (Å²) < 4.78 is 19.8.